The molecule has 0 aromatic carbocycles. The minimum absolute atomic E-state index is 0.200. The molecule has 1 aromatic rings. The number of rotatable bonds is 4. The van der Waals surface area contributed by atoms with Gasteiger partial charge in [0, 0.05) is 25.6 Å². The van der Waals surface area contributed by atoms with Crippen LogP contribution in [0.3, 0.4) is 0 Å². The van der Waals surface area contributed by atoms with Crippen LogP contribution in [0.25, 0.3) is 0 Å². The van der Waals surface area contributed by atoms with Gasteiger partial charge in [0.05, 0.1) is 5.69 Å². The maximum atomic E-state index is 10.4. The first-order valence-corrected chi connectivity index (χ1v) is 4.91. The first-order chi connectivity index (χ1) is 6.66. The largest absolute Gasteiger partial charge is 0.481 e. The molecule has 1 aliphatic carbocycles. The van der Waals surface area contributed by atoms with Crippen molar-refractivity contribution in [3.8, 4) is 0 Å². The topological polar surface area (TPSA) is 55.1 Å². The lowest BCUT2D eigenvalue weighted by molar-refractivity contribution is -0.136. The van der Waals surface area contributed by atoms with Crippen molar-refractivity contribution in [3.63, 3.8) is 0 Å². The summed E-state index contributed by atoms with van der Waals surface area (Å²) < 4.78 is 1.78. The molecule has 1 heterocycles. The van der Waals surface area contributed by atoms with E-state index in [0.29, 0.717) is 12.3 Å². The van der Waals surface area contributed by atoms with Crippen molar-refractivity contribution in [1.82, 2.24) is 9.78 Å². The van der Waals surface area contributed by atoms with Crippen LogP contribution in [0.2, 0.25) is 0 Å². The number of carboxylic acids is 1. The molecule has 0 atom stereocenters. The van der Waals surface area contributed by atoms with Gasteiger partial charge in [-0.2, -0.15) is 5.10 Å². The minimum Gasteiger partial charge on any atom is -0.481 e. The van der Waals surface area contributed by atoms with Crippen molar-refractivity contribution < 1.29 is 9.90 Å². The van der Waals surface area contributed by atoms with Crippen molar-refractivity contribution in [2.24, 2.45) is 7.05 Å². The molecule has 0 bridgehead atoms. The average molecular weight is 194 g/mol. The van der Waals surface area contributed by atoms with Crippen molar-refractivity contribution in [2.75, 3.05) is 0 Å². The highest BCUT2D eigenvalue weighted by Gasteiger charge is 2.28. The number of carboxylic acid groups (broad SMARTS) is 1. The molecule has 1 saturated carbocycles. The fourth-order valence-corrected chi connectivity index (χ4v) is 1.69. The molecule has 4 heteroatoms. The van der Waals surface area contributed by atoms with Crippen LogP contribution in [-0.4, -0.2) is 20.9 Å². The summed E-state index contributed by atoms with van der Waals surface area (Å²) in [6.45, 7) is 0. The molecule has 0 amide bonds. The summed E-state index contributed by atoms with van der Waals surface area (Å²) in [4.78, 5) is 10.4. The van der Waals surface area contributed by atoms with Crippen LogP contribution in [-0.2, 0) is 18.3 Å². The van der Waals surface area contributed by atoms with Gasteiger partial charge in [-0.05, 0) is 24.8 Å². The molecule has 2 rings (SSSR count). The molecular formula is C10H14N2O2. The first-order valence-electron chi connectivity index (χ1n) is 4.91. The van der Waals surface area contributed by atoms with E-state index >= 15 is 0 Å². The van der Waals surface area contributed by atoms with Crippen molar-refractivity contribution >= 4 is 5.97 Å². The predicted molar refractivity (Wildman–Crippen MR) is 51.1 cm³/mol. The van der Waals surface area contributed by atoms with E-state index in [9.17, 15) is 4.79 Å². The molecule has 4 nitrogen and oxygen atoms in total. The molecule has 1 N–H and O–H groups in total. The lowest BCUT2D eigenvalue weighted by Crippen LogP contribution is -1.98. The van der Waals surface area contributed by atoms with Gasteiger partial charge < -0.3 is 5.11 Å². The van der Waals surface area contributed by atoms with E-state index in [1.54, 1.807) is 4.68 Å². The van der Waals surface area contributed by atoms with Gasteiger partial charge in [-0.3, -0.25) is 9.48 Å². The SMILES string of the molecule is Cn1cc(CCC(=O)O)c(C2CC2)n1. The third-order valence-corrected chi connectivity index (χ3v) is 2.51. The van der Waals surface area contributed by atoms with E-state index in [1.807, 2.05) is 13.2 Å². The first kappa shape index (κ1) is 9.24. The Balaban J connectivity index is 2.10. The van der Waals surface area contributed by atoms with Crippen LogP contribution in [0, 0.1) is 0 Å². The summed E-state index contributed by atoms with van der Waals surface area (Å²) in [6, 6.07) is 0. The number of carbonyl (C=O) groups is 1. The second-order valence-electron chi connectivity index (χ2n) is 3.88. The Morgan fingerprint density at radius 2 is 2.43 bits per heavy atom. The lowest BCUT2D eigenvalue weighted by atomic mass is 10.1. The Labute approximate surface area is 82.5 Å². The highest BCUT2D eigenvalue weighted by Crippen LogP contribution is 2.40. The molecule has 0 spiro atoms. The standard InChI is InChI=1S/C10H14N2O2/c1-12-6-8(4-5-9(13)14)10(11-12)7-2-3-7/h6-7H,2-5H2,1H3,(H,13,14). The van der Waals surface area contributed by atoms with Gasteiger partial charge in [-0.25, -0.2) is 0 Å². The van der Waals surface area contributed by atoms with Gasteiger partial charge in [0.25, 0.3) is 0 Å². The summed E-state index contributed by atoms with van der Waals surface area (Å²) in [5, 5.41) is 13.0. The van der Waals surface area contributed by atoms with Gasteiger partial charge in [0.2, 0.25) is 0 Å². The van der Waals surface area contributed by atoms with Crippen LogP contribution >= 0.6 is 0 Å². The van der Waals surface area contributed by atoms with Crippen molar-refractivity contribution in [3.05, 3.63) is 17.5 Å². The van der Waals surface area contributed by atoms with E-state index in [2.05, 4.69) is 5.10 Å². The van der Waals surface area contributed by atoms with Gasteiger partial charge in [-0.15, -0.1) is 0 Å². The zero-order valence-electron chi connectivity index (χ0n) is 8.23. The monoisotopic (exact) mass is 194 g/mol. The molecule has 0 saturated heterocycles. The zero-order chi connectivity index (χ0) is 10.1. The van der Waals surface area contributed by atoms with E-state index in [0.717, 1.165) is 11.3 Å². The van der Waals surface area contributed by atoms with E-state index < -0.39 is 5.97 Å². The fourth-order valence-electron chi connectivity index (χ4n) is 1.69. The normalized spacial score (nSPS) is 15.8. The smallest absolute Gasteiger partial charge is 0.303 e. The van der Waals surface area contributed by atoms with E-state index in [-0.39, 0.29) is 6.42 Å². The Hall–Kier alpha value is -1.32. The zero-order valence-corrected chi connectivity index (χ0v) is 8.23. The van der Waals surface area contributed by atoms with Crippen LogP contribution in [0.5, 0.6) is 0 Å². The molecule has 0 unspecified atom stereocenters. The molecule has 1 aliphatic rings. The summed E-state index contributed by atoms with van der Waals surface area (Å²) in [5.41, 5.74) is 2.23. The average Bonchev–Trinajstić information content (AvgIpc) is 2.87. The van der Waals surface area contributed by atoms with Crippen LogP contribution in [0.1, 0.15) is 36.4 Å². The Morgan fingerprint density at radius 3 is 3.00 bits per heavy atom. The van der Waals surface area contributed by atoms with Crippen LogP contribution in [0.4, 0.5) is 0 Å². The number of hydrogen-bond acceptors (Lipinski definition) is 2. The molecule has 0 aliphatic heterocycles. The molecule has 1 fully saturated rings. The van der Waals surface area contributed by atoms with Crippen LogP contribution in [0.15, 0.2) is 6.20 Å². The molecule has 1 aromatic heterocycles. The summed E-state index contributed by atoms with van der Waals surface area (Å²) in [5.74, 6) is -0.143. The van der Waals surface area contributed by atoms with Gasteiger partial charge in [0.1, 0.15) is 0 Å². The molecule has 14 heavy (non-hydrogen) atoms. The Kier molecular flexibility index (Phi) is 2.27. The van der Waals surface area contributed by atoms with Gasteiger partial charge >= 0.3 is 5.97 Å². The number of aryl methyl sites for hydroxylation is 2. The highest BCUT2D eigenvalue weighted by atomic mass is 16.4. The van der Waals surface area contributed by atoms with Crippen molar-refractivity contribution in [1.29, 1.82) is 0 Å². The van der Waals surface area contributed by atoms with Crippen molar-refractivity contribution in [2.45, 2.75) is 31.6 Å². The Morgan fingerprint density at radius 1 is 1.71 bits per heavy atom. The quantitative estimate of drug-likeness (QED) is 0.786. The maximum absolute atomic E-state index is 10.4. The summed E-state index contributed by atoms with van der Waals surface area (Å²) >= 11 is 0. The minimum atomic E-state index is -0.740. The second-order valence-corrected chi connectivity index (χ2v) is 3.88. The molecule has 76 valence electrons. The number of nitrogens with zero attached hydrogens (tertiary/aromatic N) is 2. The third kappa shape index (κ3) is 1.95. The maximum Gasteiger partial charge on any atom is 0.303 e. The molecular weight excluding hydrogens is 180 g/mol. The second kappa shape index (κ2) is 3.44. The lowest BCUT2D eigenvalue weighted by Gasteiger charge is -1.96. The highest BCUT2D eigenvalue weighted by molar-refractivity contribution is 5.67. The van der Waals surface area contributed by atoms with E-state index in [1.165, 1.54) is 12.8 Å². The summed E-state index contributed by atoms with van der Waals surface area (Å²) in [6.07, 6.45) is 5.16. The van der Waals surface area contributed by atoms with Gasteiger partial charge in [0.15, 0.2) is 0 Å². The predicted octanol–water partition coefficient (Wildman–Crippen LogP) is 1.31. The fraction of sp³-hybridized carbons (Fsp3) is 0.600. The van der Waals surface area contributed by atoms with Gasteiger partial charge in [-0.1, -0.05) is 0 Å². The third-order valence-electron chi connectivity index (χ3n) is 2.51. The number of aliphatic carboxylic acids is 1. The van der Waals surface area contributed by atoms with Crippen LogP contribution < -0.4 is 0 Å². The molecule has 0 radical (unpaired) electrons. The number of aromatic nitrogens is 2. The number of hydrogen-bond donors (Lipinski definition) is 1. The Bertz CT molecular complexity index is 353. The summed E-state index contributed by atoms with van der Waals surface area (Å²) in [7, 11) is 1.89. The van der Waals surface area contributed by atoms with E-state index in [4.69, 9.17) is 5.11 Å².